The highest BCUT2D eigenvalue weighted by Gasteiger charge is 2.29. The summed E-state index contributed by atoms with van der Waals surface area (Å²) in [5.41, 5.74) is 2.26. The molecule has 0 spiro atoms. The van der Waals surface area contributed by atoms with Crippen molar-refractivity contribution >= 4 is 6.03 Å². The number of hydrogen-bond acceptors (Lipinski definition) is 3. The molecule has 0 bridgehead atoms. The van der Waals surface area contributed by atoms with Crippen LogP contribution in [0.15, 0.2) is 24.3 Å². The highest BCUT2D eigenvalue weighted by atomic mass is 16.5. The Morgan fingerprint density at radius 1 is 1.50 bits per heavy atom. The summed E-state index contributed by atoms with van der Waals surface area (Å²) in [6.07, 6.45) is 0.825. The Morgan fingerprint density at radius 3 is 3.05 bits per heavy atom. The second kappa shape index (κ2) is 7.26. The van der Waals surface area contributed by atoms with Crippen LogP contribution < -0.4 is 5.32 Å². The van der Waals surface area contributed by atoms with Crippen LogP contribution in [-0.4, -0.2) is 48.9 Å². The first-order chi connectivity index (χ1) is 9.77. The van der Waals surface area contributed by atoms with E-state index in [0.29, 0.717) is 26.3 Å². The maximum Gasteiger partial charge on any atom is 0.318 e. The molecule has 5 heteroatoms. The van der Waals surface area contributed by atoms with Gasteiger partial charge >= 0.3 is 6.03 Å². The van der Waals surface area contributed by atoms with Gasteiger partial charge in [-0.2, -0.15) is 0 Å². The van der Waals surface area contributed by atoms with Crippen molar-refractivity contribution < 1.29 is 14.6 Å². The van der Waals surface area contributed by atoms with E-state index in [-0.39, 0.29) is 18.7 Å². The summed E-state index contributed by atoms with van der Waals surface area (Å²) in [5, 5.41) is 12.5. The van der Waals surface area contributed by atoms with Crippen molar-refractivity contribution in [3.8, 4) is 0 Å². The summed E-state index contributed by atoms with van der Waals surface area (Å²) in [4.78, 5) is 13.9. The quantitative estimate of drug-likeness (QED) is 0.799. The van der Waals surface area contributed by atoms with E-state index >= 15 is 0 Å². The maximum absolute atomic E-state index is 12.2. The van der Waals surface area contributed by atoms with Crippen molar-refractivity contribution in [3.05, 3.63) is 35.4 Å². The van der Waals surface area contributed by atoms with Crippen molar-refractivity contribution in [2.45, 2.75) is 19.4 Å². The average Bonchev–Trinajstić information content (AvgIpc) is 2.50. The third kappa shape index (κ3) is 3.29. The smallest absolute Gasteiger partial charge is 0.318 e. The Morgan fingerprint density at radius 2 is 2.30 bits per heavy atom. The second-order valence-electron chi connectivity index (χ2n) is 4.77. The molecular weight excluding hydrogens is 256 g/mol. The predicted octanol–water partition coefficient (Wildman–Crippen LogP) is 1.32. The number of carbonyl (C=O) groups excluding carboxylic acids is 1. The lowest BCUT2D eigenvalue weighted by Gasteiger charge is -2.36. The normalized spacial score (nSPS) is 17.7. The van der Waals surface area contributed by atoms with Gasteiger partial charge in [0, 0.05) is 19.7 Å². The monoisotopic (exact) mass is 278 g/mol. The zero-order valence-electron chi connectivity index (χ0n) is 11.8. The van der Waals surface area contributed by atoms with Gasteiger partial charge in [-0.05, 0) is 24.5 Å². The Bertz CT molecular complexity index is 450. The zero-order valence-corrected chi connectivity index (χ0v) is 11.8. The highest BCUT2D eigenvalue weighted by molar-refractivity contribution is 5.75. The van der Waals surface area contributed by atoms with Crippen molar-refractivity contribution in [2.75, 3.05) is 32.9 Å². The second-order valence-corrected chi connectivity index (χ2v) is 4.77. The molecule has 2 rings (SSSR count). The molecule has 0 fully saturated rings. The van der Waals surface area contributed by atoms with Gasteiger partial charge < -0.3 is 20.1 Å². The van der Waals surface area contributed by atoms with Crippen LogP contribution in [0.1, 0.15) is 24.1 Å². The minimum absolute atomic E-state index is 0.0596. The number of rotatable bonds is 5. The van der Waals surface area contributed by atoms with Crippen LogP contribution >= 0.6 is 0 Å². The first-order valence-corrected chi connectivity index (χ1v) is 7.08. The number of amides is 2. The first kappa shape index (κ1) is 14.8. The maximum atomic E-state index is 12.2. The molecule has 1 aromatic rings. The molecule has 20 heavy (non-hydrogen) atoms. The fourth-order valence-corrected chi connectivity index (χ4v) is 2.57. The van der Waals surface area contributed by atoms with Crippen molar-refractivity contribution in [3.63, 3.8) is 0 Å². The van der Waals surface area contributed by atoms with Crippen molar-refractivity contribution in [1.29, 1.82) is 0 Å². The molecule has 0 aliphatic carbocycles. The van der Waals surface area contributed by atoms with Gasteiger partial charge in [0.15, 0.2) is 0 Å². The van der Waals surface area contributed by atoms with E-state index in [0.717, 1.165) is 12.0 Å². The van der Waals surface area contributed by atoms with E-state index < -0.39 is 0 Å². The number of aliphatic hydroxyl groups is 1. The van der Waals surface area contributed by atoms with Crippen LogP contribution in [0.5, 0.6) is 0 Å². The highest BCUT2D eigenvalue weighted by Crippen LogP contribution is 2.29. The van der Waals surface area contributed by atoms with Gasteiger partial charge in [0.05, 0.1) is 19.3 Å². The minimum atomic E-state index is -0.257. The molecular formula is C15H22N2O3. The van der Waals surface area contributed by atoms with E-state index in [1.807, 2.05) is 25.1 Å². The molecule has 0 saturated carbocycles. The molecule has 1 aliphatic heterocycles. The number of aliphatic hydroxyl groups excluding tert-OH is 1. The molecule has 5 nitrogen and oxygen atoms in total. The number of ether oxygens (including phenoxy) is 1. The molecule has 1 atom stereocenters. The van der Waals surface area contributed by atoms with Gasteiger partial charge in [0.2, 0.25) is 0 Å². The number of nitrogens with one attached hydrogen (secondary N) is 1. The van der Waals surface area contributed by atoms with Crippen LogP contribution in [0.4, 0.5) is 4.79 Å². The molecule has 1 aromatic carbocycles. The molecule has 1 unspecified atom stereocenters. The number of nitrogens with zero attached hydrogens (tertiary/aromatic N) is 1. The van der Waals surface area contributed by atoms with Crippen LogP contribution in [0.3, 0.4) is 0 Å². The Hall–Kier alpha value is -1.59. The van der Waals surface area contributed by atoms with Crippen molar-refractivity contribution in [2.24, 2.45) is 0 Å². The Balaban J connectivity index is 2.00. The number of fused-ring (bicyclic) bond motifs is 1. The molecule has 0 aromatic heterocycles. The minimum Gasteiger partial charge on any atom is -0.394 e. The molecule has 2 amide bonds. The third-order valence-electron chi connectivity index (χ3n) is 3.57. The van der Waals surface area contributed by atoms with Gasteiger partial charge in [-0.1, -0.05) is 24.3 Å². The molecule has 0 saturated heterocycles. The van der Waals surface area contributed by atoms with E-state index in [9.17, 15) is 9.90 Å². The number of urea groups is 1. The van der Waals surface area contributed by atoms with Crippen molar-refractivity contribution in [1.82, 2.24) is 10.2 Å². The Kier molecular flexibility index (Phi) is 5.38. The van der Waals surface area contributed by atoms with Crippen LogP contribution in [0.2, 0.25) is 0 Å². The standard InChI is InChI=1S/C15H22N2O3/c1-2-20-10-8-16-15(19)17-9-7-12-5-3-4-6-13(12)14(17)11-18/h3-6,14,18H,2,7-11H2,1H3,(H,16,19). The van der Waals surface area contributed by atoms with Gasteiger partial charge in [-0.25, -0.2) is 4.79 Å². The summed E-state index contributed by atoms with van der Waals surface area (Å²) in [6.45, 7) is 4.13. The third-order valence-corrected chi connectivity index (χ3v) is 3.57. The van der Waals surface area contributed by atoms with E-state index in [2.05, 4.69) is 11.4 Å². The molecule has 110 valence electrons. The van der Waals surface area contributed by atoms with Gasteiger partial charge in [0.1, 0.15) is 0 Å². The van der Waals surface area contributed by atoms with Crippen LogP contribution in [-0.2, 0) is 11.2 Å². The largest absolute Gasteiger partial charge is 0.394 e. The first-order valence-electron chi connectivity index (χ1n) is 7.08. The predicted molar refractivity (Wildman–Crippen MR) is 76.6 cm³/mol. The fraction of sp³-hybridized carbons (Fsp3) is 0.533. The molecule has 2 N–H and O–H groups in total. The zero-order chi connectivity index (χ0) is 14.4. The lowest BCUT2D eigenvalue weighted by molar-refractivity contribution is 0.119. The summed E-state index contributed by atoms with van der Waals surface area (Å²) in [5.74, 6) is 0. The fourth-order valence-electron chi connectivity index (χ4n) is 2.57. The lowest BCUT2D eigenvalue weighted by atomic mass is 9.93. The topological polar surface area (TPSA) is 61.8 Å². The Labute approximate surface area is 119 Å². The van der Waals surface area contributed by atoms with Crippen LogP contribution in [0, 0.1) is 0 Å². The van der Waals surface area contributed by atoms with E-state index in [1.54, 1.807) is 4.90 Å². The van der Waals surface area contributed by atoms with E-state index in [1.165, 1.54) is 5.56 Å². The SMILES string of the molecule is CCOCCNC(=O)N1CCc2ccccc2C1CO. The van der Waals surface area contributed by atoms with E-state index in [4.69, 9.17) is 4.74 Å². The number of benzene rings is 1. The number of carbonyl (C=O) groups is 1. The molecule has 1 heterocycles. The molecule has 0 radical (unpaired) electrons. The summed E-state index contributed by atoms with van der Waals surface area (Å²) >= 11 is 0. The summed E-state index contributed by atoms with van der Waals surface area (Å²) < 4.78 is 5.20. The van der Waals surface area contributed by atoms with Gasteiger partial charge in [-0.15, -0.1) is 0 Å². The van der Waals surface area contributed by atoms with Gasteiger partial charge in [-0.3, -0.25) is 0 Å². The van der Waals surface area contributed by atoms with Gasteiger partial charge in [0.25, 0.3) is 0 Å². The number of hydrogen-bond donors (Lipinski definition) is 2. The average molecular weight is 278 g/mol. The molecule has 1 aliphatic rings. The summed E-state index contributed by atoms with van der Waals surface area (Å²) in [6, 6.07) is 7.58. The lowest BCUT2D eigenvalue weighted by Crippen LogP contribution is -2.47. The van der Waals surface area contributed by atoms with Crippen LogP contribution in [0.25, 0.3) is 0 Å². The summed E-state index contributed by atoms with van der Waals surface area (Å²) in [7, 11) is 0.